The van der Waals surface area contributed by atoms with E-state index in [1.165, 1.54) is 7.11 Å². The maximum atomic E-state index is 12.5. The van der Waals surface area contributed by atoms with Gasteiger partial charge in [-0.3, -0.25) is 0 Å². The average Bonchev–Trinajstić information content (AvgIpc) is 2.40. The van der Waals surface area contributed by atoms with Crippen molar-refractivity contribution in [2.75, 3.05) is 12.4 Å². The van der Waals surface area contributed by atoms with E-state index in [1.807, 2.05) is 0 Å². The maximum Gasteiger partial charge on any atom is 0.433 e. The number of nitrogens with zero attached hydrogens (tertiary/aromatic N) is 2. The lowest BCUT2D eigenvalue weighted by atomic mass is 10.3. The molecule has 0 bridgehead atoms. The number of nitrogens with one attached hydrogen (secondary N) is 1. The van der Waals surface area contributed by atoms with Gasteiger partial charge in [0.05, 0.1) is 11.6 Å². The van der Waals surface area contributed by atoms with Crippen molar-refractivity contribution in [3.63, 3.8) is 0 Å². The Kier molecular flexibility index (Phi) is 4.12. The normalized spacial score (nSPS) is 11.2. The zero-order valence-corrected chi connectivity index (χ0v) is 11.8. The van der Waals surface area contributed by atoms with E-state index in [0.29, 0.717) is 11.4 Å². The van der Waals surface area contributed by atoms with Gasteiger partial charge in [0.25, 0.3) is 0 Å². The van der Waals surface area contributed by atoms with Gasteiger partial charge in [0.15, 0.2) is 0 Å². The Hall–Kier alpha value is -1.83. The van der Waals surface area contributed by atoms with Crippen LogP contribution in [0.1, 0.15) is 5.69 Å². The van der Waals surface area contributed by atoms with Crippen LogP contribution in [0.5, 0.6) is 5.75 Å². The molecule has 0 aliphatic heterocycles. The van der Waals surface area contributed by atoms with Gasteiger partial charge in [-0.1, -0.05) is 0 Å². The highest BCUT2D eigenvalue weighted by Crippen LogP contribution is 2.30. The smallest absolute Gasteiger partial charge is 0.433 e. The van der Waals surface area contributed by atoms with Crippen LogP contribution in [0.3, 0.4) is 0 Å². The summed E-state index contributed by atoms with van der Waals surface area (Å²) in [5, 5.41) is 2.70. The molecule has 0 amide bonds. The van der Waals surface area contributed by atoms with Crippen LogP contribution >= 0.6 is 15.9 Å². The minimum absolute atomic E-state index is 0.135. The van der Waals surface area contributed by atoms with Crippen molar-refractivity contribution in [1.82, 2.24) is 9.97 Å². The minimum atomic E-state index is -4.50. The Morgan fingerprint density at radius 1 is 1.25 bits per heavy atom. The molecule has 0 aliphatic rings. The minimum Gasteiger partial charge on any atom is -0.495 e. The van der Waals surface area contributed by atoms with Crippen LogP contribution < -0.4 is 10.1 Å². The SMILES string of the molecule is COc1cc(Nc2nccc(C(F)(F)F)n2)ccc1Br. The zero-order valence-electron chi connectivity index (χ0n) is 10.2. The summed E-state index contributed by atoms with van der Waals surface area (Å²) in [6.45, 7) is 0. The first-order chi connectivity index (χ1) is 9.40. The van der Waals surface area contributed by atoms with E-state index in [2.05, 4.69) is 31.2 Å². The molecule has 2 rings (SSSR count). The van der Waals surface area contributed by atoms with Gasteiger partial charge in [-0.15, -0.1) is 0 Å². The lowest BCUT2D eigenvalue weighted by Crippen LogP contribution is -2.10. The summed E-state index contributed by atoms with van der Waals surface area (Å²) in [5.41, 5.74) is -0.483. The molecule has 1 N–H and O–H groups in total. The Bertz CT molecular complexity index is 619. The second-order valence-corrected chi connectivity index (χ2v) is 4.59. The van der Waals surface area contributed by atoms with E-state index in [-0.39, 0.29) is 5.95 Å². The molecule has 0 unspecified atom stereocenters. The summed E-state index contributed by atoms with van der Waals surface area (Å²) in [7, 11) is 1.49. The second kappa shape index (κ2) is 5.66. The van der Waals surface area contributed by atoms with Gasteiger partial charge in [-0.2, -0.15) is 13.2 Å². The molecule has 1 aromatic carbocycles. The van der Waals surface area contributed by atoms with Crippen molar-refractivity contribution in [2.45, 2.75) is 6.18 Å². The number of methoxy groups -OCH3 is 1. The van der Waals surface area contributed by atoms with Crippen molar-refractivity contribution < 1.29 is 17.9 Å². The highest BCUT2D eigenvalue weighted by atomic mass is 79.9. The highest BCUT2D eigenvalue weighted by Gasteiger charge is 2.32. The number of rotatable bonds is 3. The van der Waals surface area contributed by atoms with Crippen LogP contribution in [0.25, 0.3) is 0 Å². The molecule has 0 spiro atoms. The maximum absolute atomic E-state index is 12.5. The number of ether oxygens (including phenoxy) is 1. The van der Waals surface area contributed by atoms with E-state index in [4.69, 9.17) is 4.74 Å². The molecule has 8 heteroatoms. The highest BCUT2D eigenvalue weighted by molar-refractivity contribution is 9.10. The third-order valence-electron chi connectivity index (χ3n) is 2.35. The summed E-state index contributed by atoms with van der Waals surface area (Å²) in [4.78, 5) is 7.17. The van der Waals surface area contributed by atoms with Crippen molar-refractivity contribution >= 4 is 27.6 Å². The third-order valence-corrected chi connectivity index (χ3v) is 3.01. The molecule has 0 fully saturated rings. The molecule has 0 saturated carbocycles. The summed E-state index contributed by atoms with van der Waals surface area (Å²) < 4.78 is 43.4. The predicted octanol–water partition coefficient (Wildman–Crippen LogP) is 4.01. The summed E-state index contributed by atoms with van der Waals surface area (Å²) in [5.74, 6) is 0.408. The molecule has 0 radical (unpaired) electrons. The fourth-order valence-electron chi connectivity index (χ4n) is 1.44. The van der Waals surface area contributed by atoms with E-state index in [9.17, 15) is 13.2 Å². The van der Waals surface area contributed by atoms with Gasteiger partial charge in [-0.05, 0) is 34.1 Å². The monoisotopic (exact) mass is 347 g/mol. The molecule has 0 aliphatic carbocycles. The summed E-state index contributed by atoms with van der Waals surface area (Å²) in [6.07, 6.45) is -3.45. The first kappa shape index (κ1) is 14.6. The Morgan fingerprint density at radius 2 is 2.00 bits per heavy atom. The molecule has 1 aromatic heterocycles. The van der Waals surface area contributed by atoms with Gasteiger partial charge in [0, 0.05) is 18.0 Å². The third kappa shape index (κ3) is 3.38. The first-order valence-electron chi connectivity index (χ1n) is 5.41. The number of hydrogen-bond donors (Lipinski definition) is 1. The van der Waals surface area contributed by atoms with Crippen LogP contribution in [0.15, 0.2) is 34.9 Å². The summed E-state index contributed by atoms with van der Waals surface area (Å²) >= 11 is 3.28. The molecule has 0 atom stereocenters. The molecule has 20 heavy (non-hydrogen) atoms. The van der Waals surface area contributed by atoms with Crippen LogP contribution in [-0.2, 0) is 6.18 Å². The van der Waals surface area contributed by atoms with Gasteiger partial charge in [0.1, 0.15) is 11.4 Å². The molecule has 1 heterocycles. The van der Waals surface area contributed by atoms with Crippen LogP contribution in [0.4, 0.5) is 24.8 Å². The van der Waals surface area contributed by atoms with Gasteiger partial charge >= 0.3 is 6.18 Å². The van der Waals surface area contributed by atoms with Crippen LogP contribution in [0, 0.1) is 0 Å². The molecule has 106 valence electrons. The van der Waals surface area contributed by atoms with E-state index >= 15 is 0 Å². The summed E-state index contributed by atoms with van der Waals surface area (Å²) in [6, 6.07) is 5.80. The van der Waals surface area contributed by atoms with E-state index < -0.39 is 11.9 Å². The second-order valence-electron chi connectivity index (χ2n) is 3.74. The zero-order chi connectivity index (χ0) is 14.8. The fourth-order valence-corrected chi connectivity index (χ4v) is 1.85. The van der Waals surface area contributed by atoms with Crippen molar-refractivity contribution in [3.8, 4) is 5.75 Å². The van der Waals surface area contributed by atoms with Crippen molar-refractivity contribution in [1.29, 1.82) is 0 Å². The Balaban J connectivity index is 2.26. The molecular weight excluding hydrogens is 339 g/mol. The lowest BCUT2D eigenvalue weighted by Gasteiger charge is -2.10. The van der Waals surface area contributed by atoms with E-state index in [1.54, 1.807) is 18.2 Å². The number of anilines is 2. The van der Waals surface area contributed by atoms with Gasteiger partial charge in [0.2, 0.25) is 5.95 Å². The van der Waals surface area contributed by atoms with Gasteiger partial charge in [-0.25, -0.2) is 9.97 Å². The largest absolute Gasteiger partial charge is 0.495 e. The van der Waals surface area contributed by atoms with Crippen molar-refractivity contribution in [3.05, 3.63) is 40.6 Å². The molecule has 0 saturated heterocycles. The predicted molar refractivity (Wildman–Crippen MR) is 71.0 cm³/mol. The Morgan fingerprint density at radius 3 is 2.65 bits per heavy atom. The Labute approximate surface area is 121 Å². The topological polar surface area (TPSA) is 47.0 Å². The number of alkyl halides is 3. The molecular formula is C12H9BrF3N3O. The quantitative estimate of drug-likeness (QED) is 0.911. The van der Waals surface area contributed by atoms with Gasteiger partial charge < -0.3 is 10.1 Å². The average molecular weight is 348 g/mol. The van der Waals surface area contributed by atoms with Crippen LogP contribution in [-0.4, -0.2) is 17.1 Å². The van der Waals surface area contributed by atoms with Crippen LogP contribution in [0.2, 0.25) is 0 Å². The number of halogens is 4. The fraction of sp³-hybridized carbons (Fsp3) is 0.167. The molecule has 4 nitrogen and oxygen atoms in total. The van der Waals surface area contributed by atoms with Crippen molar-refractivity contribution in [2.24, 2.45) is 0 Å². The number of hydrogen-bond acceptors (Lipinski definition) is 4. The number of aromatic nitrogens is 2. The number of benzene rings is 1. The standard InChI is InChI=1S/C12H9BrF3N3O/c1-20-9-6-7(2-3-8(9)13)18-11-17-5-4-10(19-11)12(14,15)16/h2-6H,1H3,(H,17,18,19). The lowest BCUT2D eigenvalue weighted by molar-refractivity contribution is -0.141. The molecule has 2 aromatic rings. The first-order valence-corrected chi connectivity index (χ1v) is 6.20. The van der Waals surface area contributed by atoms with E-state index in [0.717, 1.165) is 16.7 Å².